The second-order valence-electron chi connectivity index (χ2n) is 5.15. The van der Waals surface area contributed by atoms with Crippen molar-refractivity contribution in [3.8, 4) is 0 Å². The van der Waals surface area contributed by atoms with Crippen LogP contribution in [0.3, 0.4) is 0 Å². The molecule has 0 atom stereocenters. The second kappa shape index (κ2) is 6.83. The van der Waals surface area contributed by atoms with Gasteiger partial charge in [0.25, 0.3) is 5.56 Å². The molecule has 2 heterocycles. The minimum absolute atomic E-state index is 0.105. The van der Waals surface area contributed by atoms with E-state index < -0.39 is 0 Å². The Kier molecular flexibility index (Phi) is 4.42. The van der Waals surface area contributed by atoms with Gasteiger partial charge in [-0.05, 0) is 30.7 Å². The molecule has 23 heavy (non-hydrogen) atoms. The molecule has 0 radical (unpaired) electrons. The summed E-state index contributed by atoms with van der Waals surface area (Å²) < 4.78 is 0. The van der Waals surface area contributed by atoms with E-state index in [1.54, 1.807) is 30.5 Å². The third-order valence-electron chi connectivity index (χ3n) is 3.41. The fourth-order valence-electron chi connectivity index (χ4n) is 2.31. The van der Waals surface area contributed by atoms with Gasteiger partial charge >= 0.3 is 0 Å². The molecular weight excluding hydrogens is 292 g/mol. The van der Waals surface area contributed by atoms with Crippen LogP contribution in [0.1, 0.15) is 18.7 Å². The molecule has 2 aromatic heterocycles. The number of hydrogen-bond donors (Lipinski definition) is 2. The Labute approximate surface area is 132 Å². The van der Waals surface area contributed by atoms with Crippen LogP contribution in [0.4, 0.5) is 5.82 Å². The summed E-state index contributed by atoms with van der Waals surface area (Å²) in [7, 11) is 0. The first-order chi connectivity index (χ1) is 11.2. The van der Waals surface area contributed by atoms with Crippen LogP contribution in [-0.2, 0) is 11.2 Å². The van der Waals surface area contributed by atoms with Gasteiger partial charge in [-0.3, -0.25) is 9.59 Å². The molecule has 0 unspecified atom stereocenters. The van der Waals surface area contributed by atoms with E-state index in [2.05, 4.69) is 20.3 Å². The summed E-state index contributed by atoms with van der Waals surface area (Å²) in [5, 5.41) is 3.30. The summed E-state index contributed by atoms with van der Waals surface area (Å²) >= 11 is 0. The average molecular weight is 308 g/mol. The number of amides is 1. The molecule has 0 aliphatic heterocycles. The van der Waals surface area contributed by atoms with E-state index in [1.807, 2.05) is 18.2 Å². The number of rotatable bonds is 5. The number of nitrogens with one attached hydrogen (secondary N) is 2. The lowest BCUT2D eigenvalue weighted by molar-refractivity contribution is -0.116. The zero-order valence-electron chi connectivity index (χ0n) is 12.5. The average Bonchev–Trinajstić information content (AvgIpc) is 2.56. The van der Waals surface area contributed by atoms with Gasteiger partial charge in [-0.1, -0.05) is 18.2 Å². The van der Waals surface area contributed by atoms with Gasteiger partial charge in [0.1, 0.15) is 11.6 Å². The van der Waals surface area contributed by atoms with Gasteiger partial charge in [0.2, 0.25) is 5.91 Å². The lowest BCUT2D eigenvalue weighted by Crippen LogP contribution is -2.14. The Balaban J connectivity index is 1.58. The van der Waals surface area contributed by atoms with Crippen molar-refractivity contribution in [1.82, 2.24) is 15.0 Å². The van der Waals surface area contributed by atoms with Gasteiger partial charge in [0.15, 0.2) is 0 Å². The lowest BCUT2D eigenvalue weighted by atomic mass is 10.2. The predicted molar refractivity (Wildman–Crippen MR) is 88.2 cm³/mol. The van der Waals surface area contributed by atoms with Crippen molar-refractivity contribution < 1.29 is 4.79 Å². The van der Waals surface area contributed by atoms with Gasteiger partial charge in [-0.25, -0.2) is 9.97 Å². The maximum atomic E-state index is 12.0. The van der Waals surface area contributed by atoms with Crippen molar-refractivity contribution >= 4 is 22.6 Å². The maximum absolute atomic E-state index is 12.0. The molecule has 0 aliphatic carbocycles. The first-order valence-electron chi connectivity index (χ1n) is 7.41. The number of hydrogen-bond acceptors (Lipinski definition) is 4. The molecule has 6 heteroatoms. The van der Waals surface area contributed by atoms with E-state index in [1.165, 1.54) is 0 Å². The number of fused-ring (bicyclic) bond motifs is 1. The summed E-state index contributed by atoms with van der Waals surface area (Å²) in [6, 6.07) is 12.5. The zero-order valence-corrected chi connectivity index (χ0v) is 12.5. The minimum atomic E-state index is -0.150. The predicted octanol–water partition coefficient (Wildman–Crippen LogP) is 2.28. The monoisotopic (exact) mass is 308 g/mol. The SMILES string of the molecule is O=C(CCCc1nc2ccccc2c(=O)[nH]1)Nc1ccccn1. The summed E-state index contributed by atoms with van der Waals surface area (Å²) in [6.07, 6.45) is 3.10. The third-order valence-corrected chi connectivity index (χ3v) is 3.41. The van der Waals surface area contributed by atoms with E-state index in [0.717, 1.165) is 0 Å². The van der Waals surface area contributed by atoms with Crippen molar-refractivity contribution in [2.45, 2.75) is 19.3 Å². The van der Waals surface area contributed by atoms with Crippen molar-refractivity contribution in [2.24, 2.45) is 0 Å². The molecule has 3 aromatic rings. The molecule has 2 N–H and O–H groups in total. The number of aromatic amines is 1. The Morgan fingerprint density at radius 2 is 1.96 bits per heavy atom. The fourth-order valence-corrected chi connectivity index (χ4v) is 2.31. The number of para-hydroxylation sites is 1. The van der Waals surface area contributed by atoms with E-state index in [4.69, 9.17) is 0 Å². The van der Waals surface area contributed by atoms with Crippen molar-refractivity contribution in [2.75, 3.05) is 5.32 Å². The van der Waals surface area contributed by atoms with Crippen LogP contribution in [0, 0.1) is 0 Å². The van der Waals surface area contributed by atoms with Gasteiger partial charge < -0.3 is 10.3 Å². The molecule has 116 valence electrons. The van der Waals surface area contributed by atoms with Crippen LogP contribution in [-0.4, -0.2) is 20.9 Å². The van der Waals surface area contributed by atoms with Crippen LogP contribution in [0.2, 0.25) is 0 Å². The van der Waals surface area contributed by atoms with Crippen LogP contribution >= 0.6 is 0 Å². The van der Waals surface area contributed by atoms with Crippen molar-refractivity contribution in [3.05, 3.63) is 64.8 Å². The normalized spacial score (nSPS) is 10.6. The zero-order chi connectivity index (χ0) is 16.1. The van der Waals surface area contributed by atoms with E-state index >= 15 is 0 Å². The highest BCUT2D eigenvalue weighted by Crippen LogP contribution is 2.08. The molecule has 0 aliphatic rings. The Bertz CT molecular complexity index is 874. The van der Waals surface area contributed by atoms with E-state index in [0.29, 0.717) is 41.8 Å². The molecule has 0 saturated carbocycles. The summed E-state index contributed by atoms with van der Waals surface area (Å²) in [5.74, 6) is 1.03. The molecule has 3 rings (SSSR count). The third kappa shape index (κ3) is 3.79. The number of nitrogens with zero attached hydrogens (tertiary/aromatic N) is 2. The topological polar surface area (TPSA) is 87.7 Å². The lowest BCUT2D eigenvalue weighted by Gasteiger charge is -2.04. The second-order valence-corrected chi connectivity index (χ2v) is 5.15. The van der Waals surface area contributed by atoms with Gasteiger partial charge in [0.05, 0.1) is 10.9 Å². The van der Waals surface area contributed by atoms with Crippen molar-refractivity contribution in [3.63, 3.8) is 0 Å². The minimum Gasteiger partial charge on any atom is -0.311 e. The molecule has 0 fully saturated rings. The molecule has 6 nitrogen and oxygen atoms in total. The molecule has 0 spiro atoms. The first kappa shape index (κ1) is 14.9. The summed E-state index contributed by atoms with van der Waals surface area (Å²) in [5.41, 5.74) is 0.521. The molecule has 1 aromatic carbocycles. The van der Waals surface area contributed by atoms with E-state index in [9.17, 15) is 9.59 Å². The van der Waals surface area contributed by atoms with Gasteiger partial charge in [-0.15, -0.1) is 0 Å². The highest BCUT2D eigenvalue weighted by atomic mass is 16.1. The Morgan fingerprint density at radius 1 is 1.13 bits per heavy atom. The molecular formula is C17H16N4O2. The molecule has 0 bridgehead atoms. The quantitative estimate of drug-likeness (QED) is 0.757. The number of carbonyl (C=O) groups is 1. The van der Waals surface area contributed by atoms with E-state index in [-0.39, 0.29) is 11.5 Å². The number of benzene rings is 1. The maximum Gasteiger partial charge on any atom is 0.258 e. The number of aromatic nitrogens is 3. The smallest absolute Gasteiger partial charge is 0.258 e. The Hall–Kier alpha value is -3.02. The largest absolute Gasteiger partial charge is 0.311 e. The molecule has 1 amide bonds. The highest BCUT2D eigenvalue weighted by Gasteiger charge is 2.06. The summed E-state index contributed by atoms with van der Waals surface area (Å²) in [6.45, 7) is 0. The Morgan fingerprint density at radius 3 is 2.78 bits per heavy atom. The first-order valence-corrected chi connectivity index (χ1v) is 7.41. The number of carbonyl (C=O) groups excluding carboxylic acids is 1. The van der Waals surface area contributed by atoms with Gasteiger partial charge in [-0.2, -0.15) is 0 Å². The standard InChI is InChI=1S/C17H16N4O2/c22-16(20-14-8-3-4-11-18-14)10-5-9-15-19-13-7-2-1-6-12(13)17(23)21-15/h1-4,6-8,11H,5,9-10H2,(H,18,20,22)(H,19,21,23). The number of anilines is 1. The van der Waals surface area contributed by atoms with Crippen molar-refractivity contribution in [1.29, 1.82) is 0 Å². The number of aryl methyl sites for hydroxylation is 1. The van der Waals surface area contributed by atoms with Crippen LogP contribution in [0.5, 0.6) is 0 Å². The number of pyridine rings is 1. The highest BCUT2D eigenvalue weighted by molar-refractivity contribution is 5.89. The summed E-state index contributed by atoms with van der Waals surface area (Å²) in [4.78, 5) is 35.0. The number of H-pyrrole nitrogens is 1. The van der Waals surface area contributed by atoms with Gasteiger partial charge in [0, 0.05) is 19.0 Å². The van der Waals surface area contributed by atoms with Crippen LogP contribution in [0.25, 0.3) is 10.9 Å². The molecule has 0 saturated heterocycles. The van der Waals surface area contributed by atoms with Crippen LogP contribution in [0.15, 0.2) is 53.5 Å². The van der Waals surface area contributed by atoms with Crippen LogP contribution < -0.4 is 10.9 Å². The fraction of sp³-hybridized carbons (Fsp3) is 0.176.